The molecule has 36 heavy (non-hydrogen) atoms. The minimum Gasteiger partial charge on any atom is -0.475 e. The molecular weight excluding hydrogens is 475 g/mol. The van der Waals surface area contributed by atoms with E-state index in [1.807, 2.05) is 72.3 Å². The van der Waals surface area contributed by atoms with E-state index < -0.39 is 12.1 Å². The summed E-state index contributed by atoms with van der Waals surface area (Å²) in [6.45, 7) is 5.63. The summed E-state index contributed by atoms with van der Waals surface area (Å²) in [6, 6.07) is 19.7. The number of para-hydroxylation sites is 1. The molecule has 1 unspecified atom stereocenters. The van der Waals surface area contributed by atoms with E-state index in [1.54, 1.807) is 6.20 Å². The first-order valence-corrected chi connectivity index (χ1v) is 11.3. The number of carbonyl (C=O) groups excluding carboxylic acids is 1. The van der Waals surface area contributed by atoms with Crippen LogP contribution in [0, 0.1) is 6.92 Å². The summed E-state index contributed by atoms with van der Waals surface area (Å²) >= 11 is 0. The van der Waals surface area contributed by atoms with E-state index in [1.165, 1.54) is 0 Å². The van der Waals surface area contributed by atoms with Crippen LogP contribution in [0.2, 0.25) is 0 Å². The van der Waals surface area contributed by atoms with Gasteiger partial charge < -0.3 is 15.3 Å². The number of benzene rings is 2. The number of alkyl halides is 3. The first-order valence-electron chi connectivity index (χ1n) is 11.3. The molecule has 0 spiro atoms. The Morgan fingerprint density at radius 2 is 1.50 bits per heavy atom. The summed E-state index contributed by atoms with van der Waals surface area (Å²) in [6.07, 6.45) is -3.35. The second-order valence-corrected chi connectivity index (χ2v) is 8.34. The summed E-state index contributed by atoms with van der Waals surface area (Å²) < 4.78 is 33.6. The Morgan fingerprint density at radius 1 is 0.972 bits per heavy atom. The molecule has 11 heteroatoms. The van der Waals surface area contributed by atoms with E-state index in [9.17, 15) is 18.0 Å². The van der Waals surface area contributed by atoms with E-state index in [0.29, 0.717) is 0 Å². The van der Waals surface area contributed by atoms with Crippen molar-refractivity contribution >= 4 is 17.6 Å². The van der Waals surface area contributed by atoms with Crippen LogP contribution in [-0.4, -0.2) is 76.0 Å². The predicted octanol–water partition coefficient (Wildman–Crippen LogP) is 3.74. The third-order valence-electron chi connectivity index (χ3n) is 5.78. The number of nitrogens with zero attached hydrogens (tertiary/aromatic N) is 4. The van der Waals surface area contributed by atoms with Crippen molar-refractivity contribution in [3.8, 4) is 5.69 Å². The van der Waals surface area contributed by atoms with E-state index in [4.69, 9.17) is 9.90 Å². The van der Waals surface area contributed by atoms with Gasteiger partial charge in [-0.25, -0.2) is 9.48 Å². The number of carbonyl (C=O) groups is 2. The van der Waals surface area contributed by atoms with Crippen LogP contribution in [0.4, 0.5) is 18.9 Å². The Balaban J connectivity index is 0.000000454. The minimum atomic E-state index is -5.08. The lowest BCUT2D eigenvalue weighted by Crippen LogP contribution is -2.48. The lowest BCUT2D eigenvalue weighted by Gasteiger charge is -2.37. The van der Waals surface area contributed by atoms with E-state index >= 15 is 0 Å². The third kappa shape index (κ3) is 6.92. The van der Waals surface area contributed by atoms with Crippen LogP contribution in [0.1, 0.15) is 17.3 Å². The summed E-state index contributed by atoms with van der Waals surface area (Å²) in [4.78, 5) is 26.8. The molecular formula is C25H28F3N5O3. The van der Waals surface area contributed by atoms with Gasteiger partial charge in [-0.3, -0.25) is 9.69 Å². The number of halogens is 3. The zero-order valence-corrected chi connectivity index (χ0v) is 19.9. The van der Waals surface area contributed by atoms with Gasteiger partial charge in [0.25, 0.3) is 0 Å². The van der Waals surface area contributed by atoms with Gasteiger partial charge in [0.15, 0.2) is 0 Å². The maximum absolute atomic E-state index is 13.4. The minimum absolute atomic E-state index is 0.0172. The largest absolute Gasteiger partial charge is 0.490 e. The molecule has 2 heterocycles. The molecule has 1 saturated heterocycles. The fourth-order valence-corrected chi connectivity index (χ4v) is 3.81. The van der Waals surface area contributed by atoms with Crippen molar-refractivity contribution in [1.29, 1.82) is 0 Å². The lowest BCUT2D eigenvalue weighted by atomic mass is 10.0. The number of hydrogen-bond donors (Lipinski definition) is 2. The molecule has 1 aromatic heterocycles. The quantitative estimate of drug-likeness (QED) is 0.551. The highest BCUT2D eigenvalue weighted by molar-refractivity contribution is 5.96. The Morgan fingerprint density at radius 3 is 2.03 bits per heavy atom. The number of hydrogen-bond acceptors (Lipinski definition) is 5. The Bertz CT molecular complexity index is 1140. The molecule has 1 aliphatic rings. The second kappa shape index (κ2) is 11.8. The van der Waals surface area contributed by atoms with Crippen LogP contribution < -0.4 is 5.32 Å². The summed E-state index contributed by atoms with van der Waals surface area (Å²) in [7, 11) is 2.12. The highest BCUT2D eigenvalue weighted by Gasteiger charge is 2.38. The number of carboxylic acid groups (broad SMARTS) is 1. The van der Waals surface area contributed by atoms with Gasteiger partial charge in [0.05, 0.1) is 23.3 Å². The fourth-order valence-electron chi connectivity index (χ4n) is 3.81. The van der Waals surface area contributed by atoms with E-state index in [-0.39, 0.29) is 11.9 Å². The molecule has 1 amide bonds. The average molecular weight is 504 g/mol. The Labute approximate surface area is 206 Å². The molecule has 0 radical (unpaired) electrons. The first-order chi connectivity index (χ1) is 17.1. The number of amides is 1. The molecule has 1 fully saturated rings. The summed E-state index contributed by atoms with van der Waals surface area (Å²) in [5.41, 5.74) is 3.65. The highest BCUT2D eigenvalue weighted by Crippen LogP contribution is 2.26. The number of rotatable bonds is 5. The van der Waals surface area contributed by atoms with E-state index in [2.05, 4.69) is 27.3 Å². The molecule has 0 aliphatic carbocycles. The molecule has 2 N–H and O–H groups in total. The lowest BCUT2D eigenvalue weighted by molar-refractivity contribution is -0.192. The number of carboxylic acids is 1. The van der Waals surface area contributed by atoms with Crippen LogP contribution in [0.5, 0.6) is 0 Å². The summed E-state index contributed by atoms with van der Waals surface area (Å²) in [5.74, 6) is -2.77. The Kier molecular flexibility index (Phi) is 8.83. The molecule has 1 atom stereocenters. The number of anilines is 1. The first kappa shape index (κ1) is 26.9. The zero-order chi connectivity index (χ0) is 26.3. The van der Waals surface area contributed by atoms with Crippen LogP contribution in [0.3, 0.4) is 0 Å². The summed E-state index contributed by atoms with van der Waals surface area (Å²) in [5, 5.41) is 14.7. The topological polar surface area (TPSA) is 90.7 Å². The smallest absolute Gasteiger partial charge is 0.475 e. The van der Waals surface area contributed by atoms with Crippen molar-refractivity contribution in [3.63, 3.8) is 0 Å². The molecule has 3 aromatic rings. The van der Waals surface area contributed by atoms with Crippen molar-refractivity contribution in [1.82, 2.24) is 19.6 Å². The number of piperazine rings is 1. The number of aromatic nitrogens is 2. The van der Waals surface area contributed by atoms with Crippen molar-refractivity contribution in [3.05, 3.63) is 78.1 Å². The van der Waals surface area contributed by atoms with Gasteiger partial charge in [-0.15, -0.1) is 0 Å². The monoisotopic (exact) mass is 503 g/mol. The standard InChI is InChI=1S/C23H27N5O.C2HF3O2/c1-18-21(17-24-28(18)20-11-7-4-8-12-20)25-23(29)22(19-9-5-3-6-10-19)27-15-13-26(2)14-16-27;3-2(4,5)1(6)7/h3-12,17,22H,13-16H2,1-2H3,(H,25,29);(H,6,7). The molecule has 8 nitrogen and oxygen atoms in total. The van der Waals surface area contributed by atoms with Gasteiger partial charge in [-0.2, -0.15) is 18.3 Å². The van der Waals surface area contributed by atoms with Gasteiger partial charge in [0, 0.05) is 26.2 Å². The van der Waals surface area contributed by atoms with Crippen LogP contribution in [0.25, 0.3) is 5.69 Å². The molecule has 192 valence electrons. The van der Waals surface area contributed by atoms with Crippen molar-refractivity contribution < 1.29 is 27.9 Å². The van der Waals surface area contributed by atoms with Gasteiger partial charge in [-0.05, 0) is 31.7 Å². The average Bonchev–Trinajstić information content (AvgIpc) is 3.21. The van der Waals surface area contributed by atoms with Gasteiger partial charge in [0.2, 0.25) is 5.91 Å². The fraction of sp³-hybridized carbons (Fsp3) is 0.320. The van der Waals surface area contributed by atoms with E-state index in [0.717, 1.165) is 48.8 Å². The molecule has 0 saturated carbocycles. The van der Waals surface area contributed by atoms with Crippen molar-refractivity contribution in [2.24, 2.45) is 0 Å². The van der Waals surface area contributed by atoms with Crippen LogP contribution in [-0.2, 0) is 9.59 Å². The molecule has 2 aromatic carbocycles. The maximum Gasteiger partial charge on any atom is 0.490 e. The van der Waals surface area contributed by atoms with Crippen molar-refractivity contribution in [2.45, 2.75) is 19.1 Å². The molecule has 0 bridgehead atoms. The predicted molar refractivity (Wildman–Crippen MR) is 129 cm³/mol. The molecule has 1 aliphatic heterocycles. The third-order valence-corrected chi connectivity index (χ3v) is 5.78. The Hall–Kier alpha value is -3.70. The highest BCUT2D eigenvalue weighted by atomic mass is 19.4. The zero-order valence-electron chi connectivity index (χ0n) is 19.9. The number of aliphatic carboxylic acids is 1. The normalized spacial score (nSPS) is 15.5. The van der Waals surface area contributed by atoms with Crippen LogP contribution >= 0.6 is 0 Å². The molecule has 4 rings (SSSR count). The van der Waals surface area contributed by atoms with Gasteiger partial charge >= 0.3 is 12.1 Å². The second-order valence-electron chi connectivity index (χ2n) is 8.34. The van der Waals surface area contributed by atoms with Gasteiger partial charge in [0.1, 0.15) is 6.04 Å². The van der Waals surface area contributed by atoms with Crippen LogP contribution in [0.15, 0.2) is 66.9 Å². The number of likely N-dealkylation sites (N-methyl/N-ethyl adjacent to an activating group) is 1. The van der Waals surface area contributed by atoms with Gasteiger partial charge in [-0.1, -0.05) is 48.5 Å². The SMILES string of the molecule is Cc1c(NC(=O)C(c2ccccc2)N2CCN(C)CC2)cnn1-c1ccccc1.O=C(O)C(F)(F)F. The number of nitrogens with one attached hydrogen (secondary N) is 1. The van der Waals surface area contributed by atoms with Crippen molar-refractivity contribution in [2.75, 3.05) is 38.5 Å². The maximum atomic E-state index is 13.4.